The second kappa shape index (κ2) is 7.41. The van der Waals surface area contributed by atoms with Crippen LogP contribution in [0.25, 0.3) is 0 Å². The fraction of sp³-hybridized carbons (Fsp3) is 0.250. The van der Waals surface area contributed by atoms with Gasteiger partial charge in [-0.15, -0.1) is 0 Å². The van der Waals surface area contributed by atoms with Crippen LogP contribution in [0, 0.1) is 0 Å². The number of nitrogens with one attached hydrogen (secondary N) is 1. The van der Waals surface area contributed by atoms with E-state index in [0.29, 0.717) is 5.06 Å². The number of hydroxylamine groups is 2. The molecule has 1 aliphatic heterocycles. The first-order chi connectivity index (χ1) is 13.9. The predicted molar refractivity (Wildman–Crippen MR) is 101 cm³/mol. The second-order valence-corrected chi connectivity index (χ2v) is 8.67. The summed E-state index contributed by atoms with van der Waals surface area (Å²) >= 11 is 0. The molecular weight excluding hydrogens is 396 g/mol. The maximum Gasteiger partial charge on any atom is 0.363 e. The molecule has 4 rings (SSSR count). The summed E-state index contributed by atoms with van der Waals surface area (Å²) < 4.78 is 27.8. The summed E-state index contributed by atoms with van der Waals surface area (Å²) in [5.41, 5.74) is 0.195. The topological polar surface area (TPSA) is 110 Å². The molecule has 1 aliphatic carbocycles. The molecule has 1 saturated carbocycles. The van der Waals surface area contributed by atoms with Crippen molar-refractivity contribution >= 4 is 27.8 Å². The van der Waals surface area contributed by atoms with Gasteiger partial charge in [-0.3, -0.25) is 9.59 Å². The highest BCUT2D eigenvalue weighted by Gasteiger charge is 2.39. The molecular formula is C20H18N2O6S. The molecule has 2 aliphatic rings. The minimum absolute atomic E-state index is 0.0822. The normalized spacial score (nSPS) is 16.9. The van der Waals surface area contributed by atoms with Gasteiger partial charge in [0.25, 0.3) is 11.8 Å². The molecule has 0 bridgehead atoms. The number of benzene rings is 2. The van der Waals surface area contributed by atoms with Gasteiger partial charge >= 0.3 is 5.97 Å². The van der Waals surface area contributed by atoms with Crippen LogP contribution in [0.3, 0.4) is 0 Å². The highest BCUT2D eigenvalue weighted by Crippen LogP contribution is 2.24. The molecule has 0 unspecified atom stereocenters. The molecule has 2 aromatic rings. The Labute approximate surface area is 167 Å². The van der Waals surface area contributed by atoms with Crippen LogP contribution in [0.2, 0.25) is 0 Å². The summed E-state index contributed by atoms with van der Waals surface area (Å²) in [7, 11) is -3.80. The van der Waals surface area contributed by atoms with Crippen LogP contribution in [0.4, 0.5) is 0 Å². The molecule has 2 amide bonds. The van der Waals surface area contributed by atoms with Crippen LogP contribution in [0.5, 0.6) is 0 Å². The molecule has 1 heterocycles. The Morgan fingerprint density at radius 1 is 0.966 bits per heavy atom. The number of carbonyl (C=O) groups is 3. The Bertz CT molecular complexity index is 1070. The van der Waals surface area contributed by atoms with Gasteiger partial charge in [-0.05, 0) is 43.2 Å². The lowest BCUT2D eigenvalue weighted by atomic mass is 10.1. The van der Waals surface area contributed by atoms with Gasteiger partial charge in [-0.2, -0.15) is 0 Å². The van der Waals surface area contributed by atoms with Gasteiger partial charge in [0, 0.05) is 6.04 Å². The average molecular weight is 414 g/mol. The number of rotatable bonds is 5. The van der Waals surface area contributed by atoms with Gasteiger partial charge in [0.15, 0.2) is 0 Å². The second-order valence-electron chi connectivity index (χ2n) is 6.96. The summed E-state index contributed by atoms with van der Waals surface area (Å²) in [6.45, 7) is 0. The summed E-state index contributed by atoms with van der Waals surface area (Å²) in [4.78, 5) is 42.0. The number of carbonyl (C=O) groups excluding carboxylic acids is 3. The molecule has 8 nitrogen and oxygen atoms in total. The number of hydrogen-bond donors (Lipinski definition) is 1. The van der Waals surface area contributed by atoms with Crippen molar-refractivity contribution in [3.05, 3.63) is 65.2 Å². The molecule has 0 radical (unpaired) electrons. The van der Waals surface area contributed by atoms with E-state index in [-0.39, 0.29) is 27.6 Å². The van der Waals surface area contributed by atoms with Crippen LogP contribution in [0.15, 0.2) is 53.4 Å². The maximum atomic E-state index is 12.6. The van der Waals surface area contributed by atoms with E-state index in [1.807, 2.05) is 0 Å². The lowest BCUT2D eigenvalue weighted by Gasteiger charge is -2.14. The quantitative estimate of drug-likeness (QED) is 0.752. The molecule has 0 atom stereocenters. The first-order valence-corrected chi connectivity index (χ1v) is 10.7. The van der Waals surface area contributed by atoms with E-state index in [0.717, 1.165) is 31.7 Å². The van der Waals surface area contributed by atoms with Crippen LogP contribution >= 0.6 is 0 Å². The van der Waals surface area contributed by atoms with Gasteiger partial charge in [0.05, 0.1) is 21.6 Å². The molecule has 0 saturated heterocycles. The summed E-state index contributed by atoms with van der Waals surface area (Å²) in [6, 6.07) is 11.3. The van der Waals surface area contributed by atoms with Crippen molar-refractivity contribution in [2.45, 2.75) is 36.6 Å². The average Bonchev–Trinajstić information content (AvgIpc) is 3.30. The summed E-state index contributed by atoms with van der Waals surface area (Å²) in [5.74, 6) is -2.49. The third kappa shape index (κ3) is 3.66. The smallest absolute Gasteiger partial charge is 0.324 e. The molecule has 2 aromatic carbocycles. The Hall–Kier alpha value is -3.04. The lowest BCUT2D eigenvalue weighted by molar-refractivity contribution is -0.0584. The van der Waals surface area contributed by atoms with E-state index >= 15 is 0 Å². The predicted octanol–water partition coefficient (Wildman–Crippen LogP) is 2.28. The zero-order valence-electron chi connectivity index (χ0n) is 15.3. The Morgan fingerprint density at radius 2 is 1.59 bits per heavy atom. The number of hydrogen-bond acceptors (Lipinski definition) is 6. The van der Waals surface area contributed by atoms with Gasteiger partial charge in [-0.1, -0.05) is 36.1 Å². The summed E-state index contributed by atoms with van der Waals surface area (Å²) in [5, 5.41) is 0.394. The van der Waals surface area contributed by atoms with E-state index < -0.39 is 27.8 Å². The first-order valence-electron chi connectivity index (χ1n) is 9.19. The van der Waals surface area contributed by atoms with Crippen molar-refractivity contribution in [1.82, 2.24) is 9.79 Å². The van der Waals surface area contributed by atoms with Gasteiger partial charge in [-0.25, -0.2) is 17.9 Å². The molecule has 0 aromatic heterocycles. The van der Waals surface area contributed by atoms with E-state index in [9.17, 15) is 22.8 Å². The lowest BCUT2D eigenvalue weighted by Crippen LogP contribution is -2.33. The minimum atomic E-state index is -3.80. The number of sulfonamides is 1. The minimum Gasteiger partial charge on any atom is -0.324 e. The summed E-state index contributed by atoms with van der Waals surface area (Å²) in [6.07, 6.45) is 3.50. The highest BCUT2D eigenvalue weighted by molar-refractivity contribution is 7.89. The largest absolute Gasteiger partial charge is 0.363 e. The van der Waals surface area contributed by atoms with Crippen LogP contribution in [0.1, 0.15) is 56.8 Å². The molecule has 9 heteroatoms. The van der Waals surface area contributed by atoms with Crippen molar-refractivity contribution in [3.8, 4) is 0 Å². The van der Waals surface area contributed by atoms with Crippen molar-refractivity contribution in [2.75, 3.05) is 0 Å². The zero-order chi connectivity index (χ0) is 20.6. The van der Waals surface area contributed by atoms with E-state index in [1.165, 1.54) is 30.3 Å². The monoisotopic (exact) mass is 414 g/mol. The van der Waals surface area contributed by atoms with E-state index in [2.05, 4.69) is 4.72 Å². The Kier molecular flexibility index (Phi) is 4.93. The van der Waals surface area contributed by atoms with Gasteiger partial charge < -0.3 is 4.84 Å². The highest BCUT2D eigenvalue weighted by atomic mass is 32.2. The Morgan fingerprint density at radius 3 is 2.21 bits per heavy atom. The standard InChI is InChI=1S/C20H18N2O6S/c23-18-16-10-3-4-11-17(16)19(24)22(18)28-20(25)13-6-5-9-15(12-13)29(26,27)21-14-7-1-2-8-14/h3-6,9-12,14,21H,1-2,7-8H2. The number of amides is 2. The fourth-order valence-electron chi connectivity index (χ4n) is 3.51. The molecule has 1 N–H and O–H groups in total. The van der Waals surface area contributed by atoms with Crippen molar-refractivity contribution < 1.29 is 27.6 Å². The van der Waals surface area contributed by atoms with Crippen molar-refractivity contribution in [3.63, 3.8) is 0 Å². The van der Waals surface area contributed by atoms with Crippen LogP contribution in [-0.2, 0) is 14.9 Å². The van der Waals surface area contributed by atoms with E-state index in [1.54, 1.807) is 12.1 Å². The van der Waals surface area contributed by atoms with E-state index in [4.69, 9.17) is 4.84 Å². The third-order valence-electron chi connectivity index (χ3n) is 4.99. The third-order valence-corrected chi connectivity index (χ3v) is 6.51. The molecule has 29 heavy (non-hydrogen) atoms. The van der Waals surface area contributed by atoms with Gasteiger partial charge in [0.1, 0.15) is 0 Å². The SMILES string of the molecule is O=C(ON1C(=O)c2ccccc2C1=O)c1cccc(S(=O)(=O)NC2CCCC2)c1. The number of nitrogens with zero attached hydrogens (tertiary/aromatic N) is 1. The molecule has 0 spiro atoms. The zero-order valence-corrected chi connectivity index (χ0v) is 16.1. The molecule has 1 fully saturated rings. The number of imide groups is 1. The van der Waals surface area contributed by atoms with Crippen LogP contribution in [-0.4, -0.2) is 37.3 Å². The maximum absolute atomic E-state index is 12.6. The number of fused-ring (bicyclic) bond motifs is 1. The van der Waals surface area contributed by atoms with Crippen LogP contribution < -0.4 is 4.72 Å². The molecule has 150 valence electrons. The first kappa shape index (κ1) is 19.3. The van der Waals surface area contributed by atoms with Crippen molar-refractivity contribution in [2.24, 2.45) is 0 Å². The Balaban J connectivity index is 1.52. The van der Waals surface area contributed by atoms with Crippen molar-refractivity contribution in [1.29, 1.82) is 0 Å². The fourth-order valence-corrected chi connectivity index (χ4v) is 4.86. The van der Waals surface area contributed by atoms with Gasteiger partial charge in [0.2, 0.25) is 10.0 Å².